The lowest BCUT2D eigenvalue weighted by atomic mass is 10.1. The molecular weight excluding hydrogens is 398 g/mol. The molecule has 1 amide bonds. The van der Waals surface area contributed by atoms with Gasteiger partial charge in [0, 0.05) is 54.7 Å². The van der Waals surface area contributed by atoms with Gasteiger partial charge in [0.15, 0.2) is 0 Å². The Kier molecular flexibility index (Phi) is 5.14. The first kappa shape index (κ1) is 18.5. The van der Waals surface area contributed by atoms with Gasteiger partial charge in [-0.05, 0) is 29.1 Å². The first-order valence-corrected chi connectivity index (χ1v) is 11.5. The van der Waals surface area contributed by atoms with E-state index in [1.54, 1.807) is 17.5 Å². The molecule has 0 atom stereocenters. The lowest BCUT2D eigenvalue weighted by Gasteiger charge is -2.34. The molecule has 1 saturated heterocycles. The summed E-state index contributed by atoms with van der Waals surface area (Å²) < 4.78 is 0. The molecule has 4 heterocycles. The summed E-state index contributed by atoms with van der Waals surface area (Å²) in [6.07, 6.45) is 1.80. The van der Waals surface area contributed by atoms with E-state index in [9.17, 15) is 4.79 Å². The van der Waals surface area contributed by atoms with Crippen molar-refractivity contribution in [3.05, 3.63) is 76.6 Å². The van der Waals surface area contributed by atoms with Gasteiger partial charge in [0.05, 0.1) is 0 Å². The highest BCUT2D eigenvalue weighted by Crippen LogP contribution is 2.40. The quantitative estimate of drug-likeness (QED) is 0.468. The molecule has 1 aliphatic rings. The van der Waals surface area contributed by atoms with Crippen LogP contribution in [-0.4, -0.2) is 46.9 Å². The van der Waals surface area contributed by atoms with E-state index < -0.39 is 0 Å². The SMILES string of the molecule is O=C(c1sc2ncccc2c1-c1cccs1)N1CCN(Cc2ccccc2)CC1. The number of carbonyl (C=O) groups is 1. The van der Waals surface area contributed by atoms with E-state index in [1.807, 2.05) is 23.1 Å². The summed E-state index contributed by atoms with van der Waals surface area (Å²) in [6.45, 7) is 4.26. The van der Waals surface area contributed by atoms with Crippen molar-refractivity contribution in [3.8, 4) is 10.4 Å². The number of piperazine rings is 1. The zero-order valence-electron chi connectivity index (χ0n) is 16.0. The average Bonchev–Trinajstić information content (AvgIpc) is 3.42. The first-order chi connectivity index (χ1) is 14.3. The molecule has 5 rings (SSSR count). The molecule has 29 heavy (non-hydrogen) atoms. The van der Waals surface area contributed by atoms with Crippen LogP contribution < -0.4 is 0 Å². The van der Waals surface area contributed by atoms with Crippen molar-refractivity contribution >= 4 is 38.8 Å². The van der Waals surface area contributed by atoms with Crippen LogP contribution in [0.3, 0.4) is 0 Å². The Labute approximate surface area is 178 Å². The number of rotatable bonds is 4. The molecule has 4 nitrogen and oxygen atoms in total. The number of pyridine rings is 1. The molecule has 1 aromatic carbocycles. The molecule has 1 fully saturated rings. The Balaban J connectivity index is 1.37. The van der Waals surface area contributed by atoms with Crippen LogP contribution in [0.2, 0.25) is 0 Å². The van der Waals surface area contributed by atoms with Gasteiger partial charge < -0.3 is 4.90 Å². The number of benzene rings is 1. The molecule has 0 unspecified atom stereocenters. The molecule has 146 valence electrons. The number of nitrogens with zero attached hydrogens (tertiary/aromatic N) is 3. The third-order valence-corrected chi connectivity index (χ3v) is 7.33. The third-order valence-electron chi connectivity index (χ3n) is 5.34. The normalized spacial score (nSPS) is 15.1. The molecule has 4 aromatic rings. The highest BCUT2D eigenvalue weighted by Gasteiger charge is 2.27. The molecule has 0 saturated carbocycles. The minimum atomic E-state index is 0.135. The highest BCUT2D eigenvalue weighted by molar-refractivity contribution is 7.22. The van der Waals surface area contributed by atoms with Crippen LogP contribution in [0.4, 0.5) is 0 Å². The fourth-order valence-electron chi connectivity index (χ4n) is 3.84. The molecule has 0 N–H and O–H groups in total. The zero-order valence-corrected chi connectivity index (χ0v) is 17.6. The van der Waals surface area contributed by atoms with Crippen molar-refractivity contribution in [3.63, 3.8) is 0 Å². The molecule has 0 bridgehead atoms. The maximum absolute atomic E-state index is 13.4. The van der Waals surface area contributed by atoms with Crippen molar-refractivity contribution in [2.24, 2.45) is 0 Å². The first-order valence-electron chi connectivity index (χ1n) is 9.76. The van der Waals surface area contributed by atoms with Crippen LogP contribution in [0, 0.1) is 0 Å². The van der Waals surface area contributed by atoms with Gasteiger partial charge in [0.1, 0.15) is 9.71 Å². The van der Waals surface area contributed by atoms with Gasteiger partial charge in [-0.3, -0.25) is 9.69 Å². The number of thiophene rings is 2. The molecule has 0 aliphatic carbocycles. The van der Waals surface area contributed by atoms with E-state index in [0.717, 1.165) is 58.3 Å². The van der Waals surface area contributed by atoms with Gasteiger partial charge in [0.2, 0.25) is 0 Å². The molecule has 0 radical (unpaired) electrons. The third kappa shape index (κ3) is 3.71. The summed E-state index contributed by atoms with van der Waals surface area (Å²) in [6, 6.07) is 18.7. The second-order valence-corrected chi connectivity index (χ2v) is 9.14. The predicted molar refractivity (Wildman–Crippen MR) is 121 cm³/mol. The summed E-state index contributed by atoms with van der Waals surface area (Å²) >= 11 is 3.19. The van der Waals surface area contributed by atoms with Crippen molar-refractivity contribution in [1.29, 1.82) is 0 Å². The van der Waals surface area contributed by atoms with E-state index in [2.05, 4.69) is 51.7 Å². The average molecular weight is 420 g/mol. The second kappa shape index (κ2) is 8.06. The summed E-state index contributed by atoms with van der Waals surface area (Å²) in [4.78, 5) is 25.3. The summed E-state index contributed by atoms with van der Waals surface area (Å²) in [5, 5.41) is 3.14. The number of hydrogen-bond acceptors (Lipinski definition) is 5. The van der Waals surface area contributed by atoms with Gasteiger partial charge in [-0.2, -0.15) is 0 Å². The van der Waals surface area contributed by atoms with Crippen molar-refractivity contribution in [2.75, 3.05) is 26.2 Å². The predicted octanol–water partition coefficient (Wildman–Crippen LogP) is 4.98. The molecule has 3 aromatic heterocycles. The van der Waals surface area contributed by atoms with Gasteiger partial charge in [-0.1, -0.05) is 36.4 Å². The van der Waals surface area contributed by atoms with Crippen LogP contribution >= 0.6 is 22.7 Å². The van der Waals surface area contributed by atoms with Crippen molar-refractivity contribution < 1.29 is 4.79 Å². The Morgan fingerprint density at radius 1 is 0.966 bits per heavy atom. The number of carbonyl (C=O) groups excluding carboxylic acids is 1. The van der Waals surface area contributed by atoms with E-state index in [0.29, 0.717) is 0 Å². The minimum Gasteiger partial charge on any atom is -0.335 e. The molecule has 6 heteroatoms. The van der Waals surface area contributed by atoms with Crippen LogP contribution in [0.15, 0.2) is 66.2 Å². The molecule has 0 spiro atoms. The smallest absolute Gasteiger partial charge is 0.264 e. The second-order valence-electron chi connectivity index (χ2n) is 7.19. The fourth-order valence-corrected chi connectivity index (χ4v) is 5.82. The fraction of sp³-hybridized carbons (Fsp3) is 0.217. The minimum absolute atomic E-state index is 0.135. The zero-order chi connectivity index (χ0) is 19.6. The van der Waals surface area contributed by atoms with Crippen molar-refractivity contribution in [2.45, 2.75) is 6.54 Å². The largest absolute Gasteiger partial charge is 0.335 e. The van der Waals surface area contributed by atoms with Gasteiger partial charge in [0.25, 0.3) is 5.91 Å². The Morgan fingerprint density at radius 2 is 1.79 bits per heavy atom. The van der Waals surface area contributed by atoms with Crippen LogP contribution in [-0.2, 0) is 6.54 Å². The van der Waals surface area contributed by atoms with Crippen molar-refractivity contribution in [1.82, 2.24) is 14.8 Å². The lowest BCUT2D eigenvalue weighted by Crippen LogP contribution is -2.48. The van der Waals surface area contributed by atoms with Crippen LogP contribution in [0.5, 0.6) is 0 Å². The van der Waals surface area contributed by atoms with E-state index in [-0.39, 0.29) is 5.91 Å². The summed E-state index contributed by atoms with van der Waals surface area (Å²) in [5.74, 6) is 0.135. The summed E-state index contributed by atoms with van der Waals surface area (Å²) in [7, 11) is 0. The number of aromatic nitrogens is 1. The van der Waals surface area contributed by atoms with E-state index in [1.165, 1.54) is 16.9 Å². The van der Waals surface area contributed by atoms with Crippen LogP contribution in [0.25, 0.3) is 20.7 Å². The topological polar surface area (TPSA) is 36.4 Å². The standard InChI is InChI=1S/C23H21N3OS2/c27-23(26-13-11-25(12-14-26)16-17-6-2-1-3-7-17)21-20(19-9-5-15-28-19)18-8-4-10-24-22(18)29-21/h1-10,15H,11-14,16H2. The number of fused-ring (bicyclic) bond motifs is 1. The van der Waals surface area contributed by atoms with E-state index >= 15 is 0 Å². The highest BCUT2D eigenvalue weighted by atomic mass is 32.1. The van der Waals surface area contributed by atoms with Gasteiger partial charge >= 0.3 is 0 Å². The Bertz CT molecular complexity index is 1110. The maximum atomic E-state index is 13.4. The monoisotopic (exact) mass is 419 g/mol. The molecular formula is C23H21N3OS2. The number of amides is 1. The Morgan fingerprint density at radius 3 is 2.55 bits per heavy atom. The molecule has 1 aliphatic heterocycles. The van der Waals surface area contributed by atoms with Gasteiger partial charge in [-0.25, -0.2) is 4.98 Å². The van der Waals surface area contributed by atoms with Crippen LogP contribution in [0.1, 0.15) is 15.2 Å². The lowest BCUT2D eigenvalue weighted by molar-refractivity contribution is 0.0634. The van der Waals surface area contributed by atoms with Gasteiger partial charge in [-0.15, -0.1) is 22.7 Å². The number of hydrogen-bond donors (Lipinski definition) is 0. The summed E-state index contributed by atoms with van der Waals surface area (Å²) in [5.41, 5.74) is 2.37. The van der Waals surface area contributed by atoms with E-state index in [4.69, 9.17) is 0 Å². The maximum Gasteiger partial charge on any atom is 0.264 e. The Hall–Kier alpha value is -2.54.